The molecule has 1 aliphatic heterocycles. The van der Waals surface area contributed by atoms with Gasteiger partial charge in [0.25, 0.3) is 5.91 Å². The molecule has 1 N–H and O–H groups in total. The second kappa shape index (κ2) is 7.60. The summed E-state index contributed by atoms with van der Waals surface area (Å²) in [5.74, 6) is 0.626. The molecule has 0 unspecified atom stereocenters. The summed E-state index contributed by atoms with van der Waals surface area (Å²) < 4.78 is 38.3. The Hall–Kier alpha value is -3.01. The maximum Gasteiger partial charge on any atom is 0.417 e. The first kappa shape index (κ1) is 19.9. The van der Waals surface area contributed by atoms with Crippen molar-refractivity contribution in [2.75, 3.05) is 11.9 Å². The molecule has 160 valence electrons. The molecule has 10 heteroatoms. The first-order valence-electron chi connectivity index (χ1n) is 9.86. The lowest BCUT2D eigenvalue weighted by Gasteiger charge is -2.34. The number of carbonyl (C=O) groups is 1. The number of carbonyl (C=O) groups excluding carboxylic acids is 1. The number of piperidine rings is 1. The van der Waals surface area contributed by atoms with E-state index >= 15 is 0 Å². The average Bonchev–Trinajstić information content (AvgIpc) is 3.50. The van der Waals surface area contributed by atoms with Crippen molar-refractivity contribution in [3.63, 3.8) is 0 Å². The zero-order valence-electron chi connectivity index (χ0n) is 16.2. The van der Waals surface area contributed by atoms with Crippen molar-refractivity contribution in [1.82, 2.24) is 19.9 Å². The standard InChI is InChI=1S/C21H18F3N5OS/c22-21(23,24)13-3-4-17(27-10-13)28-15-8-12-9-16(15)29(11-12)20(30)14-2-1-5-25-18(14)19-26-6-7-31-19/h1-7,10,12,15-16H,8-9,11H2,(H,27,28)/t12-,15+,16-/m0/s1. The molecular weight excluding hydrogens is 427 g/mol. The Balaban J connectivity index is 1.35. The van der Waals surface area contributed by atoms with E-state index in [0.717, 1.165) is 25.1 Å². The molecule has 3 aromatic heterocycles. The number of fused-ring (bicyclic) bond motifs is 2. The van der Waals surface area contributed by atoms with Crippen molar-refractivity contribution >= 4 is 23.1 Å². The molecule has 2 fully saturated rings. The first-order valence-corrected chi connectivity index (χ1v) is 10.7. The number of alkyl halides is 3. The van der Waals surface area contributed by atoms with Gasteiger partial charge in [0, 0.05) is 36.6 Å². The van der Waals surface area contributed by atoms with Crippen LogP contribution < -0.4 is 5.32 Å². The summed E-state index contributed by atoms with van der Waals surface area (Å²) in [6, 6.07) is 5.74. The zero-order chi connectivity index (χ0) is 21.6. The van der Waals surface area contributed by atoms with Crippen molar-refractivity contribution in [1.29, 1.82) is 0 Å². The summed E-state index contributed by atoms with van der Waals surface area (Å²) >= 11 is 1.43. The normalized spacial score (nSPS) is 22.7. The fourth-order valence-corrected chi connectivity index (χ4v) is 5.14. The van der Waals surface area contributed by atoms with E-state index in [2.05, 4.69) is 20.3 Å². The third-order valence-corrected chi connectivity index (χ3v) is 6.62. The predicted octanol–water partition coefficient (Wildman–Crippen LogP) is 4.33. The van der Waals surface area contributed by atoms with Crippen LogP contribution >= 0.6 is 11.3 Å². The molecule has 0 radical (unpaired) electrons. The fraction of sp³-hybridized carbons (Fsp3) is 0.333. The molecule has 1 aliphatic carbocycles. The minimum Gasteiger partial charge on any atom is -0.365 e. The zero-order valence-corrected chi connectivity index (χ0v) is 17.0. The van der Waals surface area contributed by atoms with Gasteiger partial charge in [-0.2, -0.15) is 13.2 Å². The molecule has 1 saturated carbocycles. The van der Waals surface area contributed by atoms with E-state index < -0.39 is 11.7 Å². The Kier molecular flexibility index (Phi) is 4.88. The van der Waals surface area contributed by atoms with Gasteiger partial charge >= 0.3 is 6.18 Å². The summed E-state index contributed by atoms with van der Waals surface area (Å²) in [6.07, 6.45) is 1.44. The molecule has 2 bridgehead atoms. The highest BCUT2D eigenvalue weighted by Gasteiger charge is 2.47. The van der Waals surface area contributed by atoms with Crippen LogP contribution in [0, 0.1) is 5.92 Å². The van der Waals surface area contributed by atoms with Gasteiger partial charge in [0.15, 0.2) is 0 Å². The SMILES string of the molecule is O=C(c1cccnc1-c1nccs1)N1C[C@H]2C[C@@H](Nc3ccc(C(F)(F)F)cn3)[C@@H]1C2. The van der Waals surface area contributed by atoms with Crippen molar-refractivity contribution in [2.24, 2.45) is 5.92 Å². The first-order chi connectivity index (χ1) is 14.9. The number of rotatable bonds is 4. The minimum atomic E-state index is -4.42. The monoisotopic (exact) mass is 445 g/mol. The van der Waals surface area contributed by atoms with Gasteiger partial charge < -0.3 is 10.2 Å². The molecule has 6 nitrogen and oxygen atoms in total. The van der Waals surface area contributed by atoms with Crippen LogP contribution in [0.15, 0.2) is 48.2 Å². The third kappa shape index (κ3) is 3.76. The Morgan fingerprint density at radius 1 is 1.13 bits per heavy atom. The third-order valence-electron chi connectivity index (χ3n) is 5.84. The minimum absolute atomic E-state index is 0.0501. The summed E-state index contributed by atoms with van der Waals surface area (Å²) in [5, 5.41) is 5.76. The van der Waals surface area contributed by atoms with Gasteiger partial charge in [0.05, 0.1) is 17.2 Å². The largest absolute Gasteiger partial charge is 0.417 e. The van der Waals surface area contributed by atoms with Crippen LogP contribution in [0.1, 0.15) is 28.8 Å². The van der Waals surface area contributed by atoms with Crippen molar-refractivity contribution < 1.29 is 18.0 Å². The van der Waals surface area contributed by atoms with E-state index in [1.54, 1.807) is 24.5 Å². The molecule has 3 atom stereocenters. The van der Waals surface area contributed by atoms with E-state index in [4.69, 9.17) is 0 Å². The van der Waals surface area contributed by atoms with Crippen molar-refractivity contribution in [2.45, 2.75) is 31.1 Å². The summed E-state index contributed by atoms with van der Waals surface area (Å²) in [4.78, 5) is 27.8. The molecule has 31 heavy (non-hydrogen) atoms. The van der Waals surface area contributed by atoms with Crippen LogP contribution in [-0.2, 0) is 6.18 Å². The van der Waals surface area contributed by atoms with Crippen LogP contribution in [0.2, 0.25) is 0 Å². The number of amides is 1. The van der Waals surface area contributed by atoms with E-state index in [-0.39, 0.29) is 18.0 Å². The summed E-state index contributed by atoms with van der Waals surface area (Å²) in [7, 11) is 0. The number of halogens is 3. The van der Waals surface area contributed by atoms with Crippen molar-refractivity contribution in [3.05, 3.63) is 59.4 Å². The van der Waals surface area contributed by atoms with Crippen LogP contribution in [-0.4, -0.2) is 44.4 Å². The highest BCUT2D eigenvalue weighted by molar-refractivity contribution is 7.13. The lowest BCUT2D eigenvalue weighted by atomic mass is 10.0. The molecule has 3 aromatic rings. The topological polar surface area (TPSA) is 71.0 Å². The van der Waals surface area contributed by atoms with Crippen LogP contribution in [0.5, 0.6) is 0 Å². The highest BCUT2D eigenvalue weighted by Crippen LogP contribution is 2.40. The Labute approximate surface area is 180 Å². The van der Waals surface area contributed by atoms with Gasteiger partial charge in [0.2, 0.25) is 0 Å². The molecule has 0 aromatic carbocycles. The lowest BCUT2D eigenvalue weighted by molar-refractivity contribution is -0.137. The number of likely N-dealkylation sites (tertiary alicyclic amines) is 1. The molecule has 2 aliphatic rings. The highest BCUT2D eigenvalue weighted by atomic mass is 32.1. The maximum atomic E-state index is 13.4. The van der Waals surface area contributed by atoms with Gasteiger partial charge in [0.1, 0.15) is 16.5 Å². The van der Waals surface area contributed by atoms with Crippen molar-refractivity contribution in [3.8, 4) is 10.7 Å². The number of aromatic nitrogens is 3. The molecule has 0 spiro atoms. The van der Waals surface area contributed by atoms with Gasteiger partial charge in [-0.25, -0.2) is 9.97 Å². The van der Waals surface area contributed by atoms with Gasteiger partial charge in [-0.3, -0.25) is 9.78 Å². The number of hydrogen-bond donors (Lipinski definition) is 1. The number of nitrogens with zero attached hydrogens (tertiary/aromatic N) is 4. The van der Waals surface area contributed by atoms with Gasteiger partial charge in [-0.15, -0.1) is 11.3 Å². The summed E-state index contributed by atoms with van der Waals surface area (Å²) in [5.41, 5.74) is 0.296. The quantitative estimate of drug-likeness (QED) is 0.647. The Morgan fingerprint density at radius 3 is 2.68 bits per heavy atom. The Morgan fingerprint density at radius 2 is 2.00 bits per heavy atom. The fourth-order valence-electron chi connectivity index (χ4n) is 4.49. The Bertz CT molecular complexity index is 1090. The number of pyridine rings is 2. The number of nitrogens with one attached hydrogen (secondary N) is 1. The second-order valence-electron chi connectivity index (χ2n) is 7.78. The average molecular weight is 445 g/mol. The summed E-state index contributed by atoms with van der Waals surface area (Å²) in [6.45, 7) is 0.661. The molecular formula is C21H18F3N5OS. The van der Waals surface area contributed by atoms with E-state index in [1.165, 1.54) is 17.4 Å². The van der Waals surface area contributed by atoms with E-state index in [9.17, 15) is 18.0 Å². The van der Waals surface area contributed by atoms with E-state index in [1.807, 2.05) is 10.3 Å². The van der Waals surface area contributed by atoms with Gasteiger partial charge in [-0.05, 0) is 43.0 Å². The second-order valence-corrected chi connectivity index (χ2v) is 8.67. The maximum absolute atomic E-state index is 13.4. The molecule has 5 rings (SSSR count). The number of hydrogen-bond acceptors (Lipinski definition) is 6. The van der Waals surface area contributed by atoms with Gasteiger partial charge in [-0.1, -0.05) is 0 Å². The number of thiazole rings is 1. The van der Waals surface area contributed by atoms with Crippen LogP contribution in [0.3, 0.4) is 0 Å². The molecule has 1 saturated heterocycles. The predicted molar refractivity (Wildman–Crippen MR) is 110 cm³/mol. The molecule has 4 heterocycles. The lowest BCUT2D eigenvalue weighted by Crippen LogP contribution is -2.47. The van der Waals surface area contributed by atoms with Crippen LogP contribution in [0.4, 0.5) is 19.0 Å². The van der Waals surface area contributed by atoms with E-state index in [0.29, 0.717) is 34.5 Å². The smallest absolute Gasteiger partial charge is 0.365 e. The van der Waals surface area contributed by atoms with Crippen LogP contribution in [0.25, 0.3) is 10.7 Å². The number of anilines is 1. The molecule has 1 amide bonds.